The van der Waals surface area contributed by atoms with Crippen LogP contribution >= 0.6 is 0 Å². The molecule has 0 radical (unpaired) electrons. The summed E-state index contributed by atoms with van der Waals surface area (Å²) < 4.78 is 26.2. The Morgan fingerprint density at radius 2 is 1.76 bits per heavy atom. The van der Waals surface area contributed by atoms with Gasteiger partial charge in [-0.25, -0.2) is 13.1 Å². The molecule has 0 bridgehead atoms. The Bertz CT molecular complexity index is 533. The fourth-order valence-electron chi connectivity index (χ4n) is 2.06. The summed E-state index contributed by atoms with van der Waals surface area (Å²) in [4.78, 5) is 0.254. The molecule has 120 valence electrons. The number of nitrogens with one attached hydrogen (secondary N) is 2. The second kappa shape index (κ2) is 7.24. The summed E-state index contributed by atoms with van der Waals surface area (Å²) in [5, 5.41) is 12.5. The smallest absolute Gasteiger partial charge is 0.240 e. The van der Waals surface area contributed by atoms with Gasteiger partial charge in [0.15, 0.2) is 0 Å². The lowest BCUT2D eigenvalue weighted by atomic mass is 9.85. The Balaban J connectivity index is 2.87. The van der Waals surface area contributed by atoms with E-state index in [4.69, 9.17) is 5.11 Å². The first kappa shape index (κ1) is 17.9. The van der Waals surface area contributed by atoms with Gasteiger partial charge in [-0.15, -0.1) is 0 Å². The molecule has 1 rings (SSSR count). The largest absolute Gasteiger partial charge is 0.396 e. The highest BCUT2D eigenvalue weighted by molar-refractivity contribution is 7.89. The van der Waals surface area contributed by atoms with E-state index in [9.17, 15) is 8.42 Å². The molecule has 1 atom stereocenters. The molecule has 1 unspecified atom stereocenters. The molecular formula is C15H26N2O3S. The molecule has 5 nitrogen and oxygen atoms in total. The zero-order valence-electron chi connectivity index (χ0n) is 13.2. The summed E-state index contributed by atoms with van der Waals surface area (Å²) in [6.45, 7) is 8.53. The summed E-state index contributed by atoms with van der Waals surface area (Å²) in [5.74, 6) is 0. The predicted molar refractivity (Wildman–Crippen MR) is 85.9 cm³/mol. The van der Waals surface area contributed by atoms with E-state index in [-0.39, 0.29) is 23.0 Å². The zero-order valence-corrected chi connectivity index (χ0v) is 14.0. The van der Waals surface area contributed by atoms with Crippen molar-refractivity contribution in [3.8, 4) is 0 Å². The minimum atomic E-state index is -3.41. The highest BCUT2D eigenvalue weighted by Crippen LogP contribution is 2.26. The Morgan fingerprint density at radius 3 is 2.19 bits per heavy atom. The molecule has 0 aromatic heterocycles. The number of aliphatic hydroxyl groups is 1. The maximum atomic E-state index is 11.9. The predicted octanol–water partition coefficient (Wildman–Crippen LogP) is 2.19. The molecule has 21 heavy (non-hydrogen) atoms. The second-order valence-electron chi connectivity index (χ2n) is 6.10. The van der Waals surface area contributed by atoms with Crippen molar-refractivity contribution in [3.63, 3.8) is 0 Å². The van der Waals surface area contributed by atoms with Gasteiger partial charge >= 0.3 is 0 Å². The van der Waals surface area contributed by atoms with Gasteiger partial charge in [0, 0.05) is 24.9 Å². The molecule has 0 aliphatic carbocycles. The van der Waals surface area contributed by atoms with Gasteiger partial charge in [-0.05, 0) is 36.1 Å². The van der Waals surface area contributed by atoms with Crippen LogP contribution in [0.5, 0.6) is 0 Å². The van der Waals surface area contributed by atoms with Gasteiger partial charge < -0.3 is 10.4 Å². The topological polar surface area (TPSA) is 78.4 Å². The highest BCUT2D eigenvalue weighted by atomic mass is 32.2. The van der Waals surface area contributed by atoms with Crippen LogP contribution in [-0.2, 0) is 10.0 Å². The van der Waals surface area contributed by atoms with Gasteiger partial charge in [0.1, 0.15) is 0 Å². The third-order valence-corrected chi connectivity index (χ3v) is 4.86. The number of sulfonamides is 1. The normalized spacial score (nSPS) is 14.0. The fraction of sp³-hybridized carbons (Fsp3) is 0.600. The molecule has 6 heteroatoms. The van der Waals surface area contributed by atoms with E-state index in [1.807, 2.05) is 0 Å². The summed E-state index contributed by atoms with van der Waals surface area (Å²) in [7, 11) is -3.41. The van der Waals surface area contributed by atoms with Crippen molar-refractivity contribution in [2.24, 2.45) is 5.41 Å². The van der Waals surface area contributed by atoms with Crippen LogP contribution in [0.4, 0.5) is 5.69 Å². The van der Waals surface area contributed by atoms with Crippen molar-refractivity contribution in [2.75, 3.05) is 18.5 Å². The lowest BCUT2D eigenvalue weighted by molar-refractivity contribution is 0.235. The van der Waals surface area contributed by atoms with E-state index in [0.29, 0.717) is 13.0 Å². The second-order valence-corrected chi connectivity index (χ2v) is 7.87. The molecule has 0 aliphatic rings. The number of benzene rings is 1. The van der Waals surface area contributed by atoms with Gasteiger partial charge in [0.2, 0.25) is 10.0 Å². The number of hydrogen-bond acceptors (Lipinski definition) is 4. The van der Waals surface area contributed by atoms with E-state index in [1.54, 1.807) is 31.2 Å². The number of hydrogen-bond donors (Lipinski definition) is 3. The van der Waals surface area contributed by atoms with Crippen LogP contribution in [0.1, 0.15) is 34.1 Å². The van der Waals surface area contributed by atoms with Crippen LogP contribution < -0.4 is 10.0 Å². The molecule has 0 saturated carbocycles. The average Bonchev–Trinajstić information content (AvgIpc) is 2.37. The van der Waals surface area contributed by atoms with Gasteiger partial charge in [0.05, 0.1) is 4.90 Å². The van der Waals surface area contributed by atoms with E-state index < -0.39 is 10.0 Å². The lowest BCUT2D eigenvalue weighted by Crippen LogP contribution is -2.34. The molecule has 0 fully saturated rings. The monoisotopic (exact) mass is 314 g/mol. The third kappa shape index (κ3) is 5.30. The quantitative estimate of drug-likeness (QED) is 0.721. The molecule has 3 N–H and O–H groups in total. The number of anilines is 1. The minimum Gasteiger partial charge on any atom is -0.396 e. The maximum absolute atomic E-state index is 11.9. The first-order valence-electron chi connectivity index (χ1n) is 7.18. The summed E-state index contributed by atoms with van der Waals surface area (Å²) in [6.07, 6.45) is 0.640. The molecule has 1 aromatic carbocycles. The highest BCUT2D eigenvalue weighted by Gasteiger charge is 2.24. The number of aliphatic hydroxyl groups excluding tert-OH is 1. The van der Waals surface area contributed by atoms with Crippen molar-refractivity contribution in [3.05, 3.63) is 24.3 Å². The first-order valence-corrected chi connectivity index (χ1v) is 8.66. The zero-order chi connectivity index (χ0) is 16.1. The standard InChI is InChI=1S/C15H26N2O3S/c1-5-16-21(19,20)13-8-6-12(7-9-13)17-14(10-11-18)15(2,3)4/h6-9,14,16-18H,5,10-11H2,1-4H3. The van der Waals surface area contributed by atoms with Crippen LogP contribution in [0.3, 0.4) is 0 Å². The van der Waals surface area contributed by atoms with E-state index >= 15 is 0 Å². The van der Waals surface area contributed by atoms with Gasteiger partial charge in [-0.2, -0.15) is 0 Å². The van der Waals surface area contributed by atoms with E-state index in [1.165, 1.54) is 0 Å². The van der Waals surface area contributed by atoms with Crippen molar-refractivity contribution in [1.29, 1.82) is 0 Å². The average molecular weight is 314 g/mol. The van der Waals surface area contributed by atoms with Crippen molar-refractivity contribution in [1.82, 2.24) is 4.72 Å². The Morgan fingerprint density at radius 1 is 1.19 bits per heavy atom. The molecule has 0 amide bonds. The molecular weight excluding hydrogens is 288 g/mol. The SMILES string of the molecule is CCNS(=O)(=O)c1ccc(NC(CCO)C(C)(C)C)cc1. The molecule has 0 aliphatic heterocycles. The van der Waals surface area contributed by atoms with Crippen molar-refractivity contribution >= 4 is 15.7 Å². The molecule has 1 aromatic rings. The fourth-order valence-corrected chi connectivity index (χ4v) is 3.10. The van der Waals surface area contributed by atoms with Crippen LogP contribution in [0.15, 0.2) is 29.2 Å². The minimum absolute atomic E-state index is 0.00273. The summed E-state index contributed by atoms with van der Waals surface area (Å²) in [5.41, 5.74) is 0.843. The Labute approximate surface area is 127 Å². The first-order chi connectivity index (χ1) is 9.70. The lowest BCUT2D eigenvalue weighted by Gasteiger charge is -2.32. The molecule has 0 spiro atoms. The summed E-state index contributed by atoms with van der Waals surface area (Å²) in [6, 6.07) is 6.78. The Hall–Kier alpha value is -1.11. The van der Waals surface area contributed by atoms with E-state index in [0.717, 1.165) is 5.69 Å². The molecule has 0 saturated heterocycles. The number of rotatable bonds is 7. The van der Waals surface area contributed by atoms with Gasteiger partial charge in [-0.3, -0.25) is 0 Å². The van der Waals surface area contributed by atoms with Crippen LogP contribution in [0.25, 0.3) is 0 Å². The van der Waals surface area contributed by atoms with Crippen molar-refractivity contribution < 1.29 is 13.5 Å². The van der Waals surface area contributed by atoms with Crippen molar-refractivity contribution in [2.45, 2.75) is 45.1 Å². The molecule has 0 heterocycles. The van der Waals surface area contributed by atoms with Gasteiger partial charge in [0.25, 0.3) is 0 Å². The summed E-state index contributed by atoms with van der Waals surface area (Å²) >= 11 is 0. The van der Waals surface area contributed by atoms with E-state index in [2.05, 4.69) is 30.8 Å². The van der Waals surface area contributed by atoms with Crippen LogP contribution in [-0.4, -0.2) is 32.7 Å². The Kier molecular flexibility index (Phi) is 6.19. The van der Waals surface area contributed by atoms with Gasteiger partial charge in [-0.1, -0.05) is 27.7 Å². The maximum Gasteiger partial charge on any atom is 0.240 e. The third-order valence-electron chi connectivity index (χ3n) is 3.30. The van der Waals surface area contributed by atoms with Crippen LogP contribution in [0, 0.1) is 5.41 Å². The van der Waals surface area contributed by atoms with Crippen LogP contribution in [0.2, 0.25) is 0 Å².